The second kappa shape index (κ2) is 5.54. The van der Waals surface area contributed by atoms with E-state index < -0.39 is 0 Å². The minimum absolute atomic E-state index is 0.371. The maximum atomic E-state index is 9.49. The molecule has 2 heteroatoms. The van der Waals surface area contributed by atoms with Crippen LogP contribution in [-0.2, 0) is 0 Å². The molecule has 2 nitrogen and oxygen atoms in total. The molecule has 0 heterocycles. The monoisotopic (exact) mass is 233 g/mol. The molecule has 0 aromatic heterocycles. The van der Waals surface area contributed by atoms with Gasteiger partial charge in [0.2, 0.25) is 0 Å². The van der Waals surface area contributed by atoms with E-state index >= 15 is 0 Å². The van der Waals surface area contributed by atoms with E-state index in [0.717, 1.165) is 5.56 Å². The molecule has 1 atom stereocenters. The number of aliphatic hydroxyl groups is 1. The highest BCUT2D eigenvalue weighted by atomic mass is 16.3. The third-order valence-electron chi connectivity index (χ3n) is 3.91. The number of hydrogen-bond donors (Lipinski definition) is 1. The van der Waals surface area contributed by atoms with E-state index in [1.165, 1.54) is 37.8 Å². The van der Waals surface area contributed by atoms with Crippen molar-refractivity contribution in [2.24, 2.45) is 0 Å². The fourth-order valence-electron chi connectivity index (χ4n) is 2.67. The van der Waals surface area contributed by atoms with Gasteiger partial charge >= 0.3 is 0 Å². The Bertz CT molecular complexity index is 338. The lowest BCUT2D eigenvalue weighted by Gasteiger charge is -2.33. The van der Waals surface area contributed by atoms with Gasteiger partial charge in [-0.1, -0.05) is 31.4 Å². The van der Waals surface area contributed by atoms with Gasteiger partial charge in [0.25, 0.3) is 0 Å². The van der Waals surface area contributed by atoms with E-state index in [9.17, 15) is 5.11 Å². The molecule has 1 aromatic carbocycles. The van der Waals surface area contributed by atoms with Crippen molar-refractivity contribution in [2.75, 3.05) is 11.9 Å². The first-order valence-electron chi connectivity index (χ1n) is 6.69. The van der Waals surface area contributed by atoms with Gasteiger partial charge in [-0.25, -0.2) is 0 Å². The maximum absolute atomic E-state index is 9.49. The van der Waals surface area contributed by atoms with Crippen LogP contribution < -0.4 is 4.90 Å². The van der Waals surface area contributed by atoms with Crippen LogP contribution in [0.4, 0.5) is 5.69 Å². The molecule has 1 N–H and O–H groups in total. The first kappa shape index (κ1) is 12.4. The van der Waals surface area contributed by atoms with Gasteiger partial charge in [-0.15, -0.1) is 0 Å². The largest absolute Gasteiger partial charge is 0.389 e. The smallest absolute Gasteiger partial charge is 0.0761 e. The number of benzene rings is 1. The summed E-state index contributed by atoms with van der Waals surface area (Å²) in [6, 6.07) is 8.99. The zero-order valence-electron chi connectivity index (χ0n) is 10.9. The predicted octanol–water partition coefficient (Wildman–Crippen LogP) is 3.51. The van der Waals surface area contributed by atoms with Crippen LogP contribution in [0.2, 0.25) is 0 Å². The van der Waals surface area contributed by atoms with Crippen LogP contribution in [0.25, 0.3) is 0 Å². The van der Waals surface area contributed by atoms with Crippen LogP contribution >= 0.6 is 0 Å². The molecule has 1 aliphatic rings. The number of nitrogens with zero attached hydrogens (tertiary/aromatic N) is 1. The van der Waals surface area contributed by atoms with Crippen molar-refractivity contribution in [3.63, 3.8) is 0 Å². The zero-order chi connectivity index (χ0) is 12.3. The van der Waals surface area contributed by atoms with Crippen LogP contribution in [0, 0.1) is 0 Å². The Morgan fingerprint density at radius 3 is 2.24 bits per heavy atom. The summed E-state index contributed by atoms with van der Waals surface area (Å²) in [5.41, 5.74) is 2.26. The molecule has 1 fully saturated rings. The molecular weight excluding hydrogens is 210 g/mol. The van der Waals surface area contributed by atoms with Gasteiger partial charge in [-0.3, -0.25) is 0 Å². The first-order chi connectivity index (χ1) is 8.18. The normalized spacial score (nSPS) is 19.0. The van der Waals surface area contributed by atoms with E-state index in [1.54, 1.807) is 6.92 Å². The van der Waals surface area contributed by atoms with Crippen LogP contribution in [0.15, 0.2) is 24.3 Å². The van der Waals surface area contributed by atoms with Crippen molar-refractivity contribution in [2.45, 2.75) is 51.2 Å². The minimum Gasteiger partial charge on any atom is -0.389 e. The SMILES string of the molecule is CC(O)c1ccc(N(C)C2CCCCC2)cc1. The maximum Gasteiger partial charge on any atom is 0.0761 e. The van der Waals surface area contributed by atoms with Gasteiger partial charge in [-0.2, -0.15) is 0 Å². The van der Waals surface area contributed by atoms with Crippen molar-refractivity contribution in [3.8, 4) is 0 Å². The highest BCUT2D eigenvalue weighted by molar-refractivity contribution is 5.48. The van der Waals surface area contributed by atoms with Crippen LogP contribution in [0.3, 0.4) is 0 Å². The van der Waals surface area contributed by atoms with Gasteiger partial charge in [-0.05, 0) is 37.5 Å². The number of rotatable bonds is 3. The second-order valence-electron chi connectivity index (χ2n) is 5.17. The molecule has 1 aromatic rings. The van der Waals surface area contributed by atoms with E-state index in [-0.39, 0.29) is 6.10 Å². The third-order valence-corrected chi connectivity index (χ3v) is 3.91. The molecule has 0 radical (unpaired) electrons. The fourth-order valence-corrected chi connectivity index (χ4v) is 2.67. The molecule has 1 saturated carbocycles. The molecule has 0 spiro atoms. The van der Waals surface area contributed by atoms with E-state index in [2.05, 4.69) is 24.1 Å². The van der Waals surface area contributed by atoms with Gasteiger partial charge in [0, 0.05) is 18.8 Å². The van der Waals surface area contributed by atoms with Crippen molar-refractivity contribution in [1.82, 2.24) is 0 Å². The number of aliphatic hydroxyl groups excluding tert-OH is 1. The van der Waals surface area contributed by atoms with Crippen LogP contribution in [-0.4, -0.2) is 18.2 Å². The lowest BCUT2D eigenvalue weighted by molar-refractivity contribution is 0.199. The van der Waals surface area contributed by atoms with Gasteiger partial charge < -0.3 is 10.0 Å². The van der Waals surface area contributed by atoms with Crippen molar-refractivity contribution in [3.05, 3.63) is 29.8 Å². The Hall–Kier alpha value is -1.02. The fraction of sp³-hybridized carbons (Fsp3) is 0.600. The van der Waals surface area contributed by atoms with Gasteiger partial charge in [0.15, 0.2) is 0 Å². The molecule has 0 saturated heterocycles. The summed E-state index contributed by atoms with van der Waals surface area (Å²) in [5, 5.41) is 9.49. The Morgan fingerprint density at radius 1 is 1.12 bits per heavy atom. The topological polar surface area (TPSA) is 23.5 Å². The molecule has 1 aliphatic carbocycles. The van der Waals surface area contributed by atoms with E-state index in [1.807, 2.05) is 12.1 Å². The van der Waals surface area contributed by atoms with E-state index in [4.69, 9.17) is 0 Å². The minimum atomic E-state index is -0.371. The third kappa shape index (κ3) is 3.01. The lowest BCUT2D eigenvalue weighted by atomic mass is 9.94. The average Bonchev–Trinajstić information content (AvgIpc) is 2.39. The average molecular weight is 233 g/mol. The van der Waals surface area contributed by atoms with Crippen LogP contribution in [0.1, 0.15) is 50.7 Å². The summed E-state index contributed by atoms with van der Waals surface area (Å²) < 4.78 is 0. The lowest BCUT2D eigenvalue weighted by Crippen LogP contribution is -2.33. The summed E-state index contributed by atoms with van der Waals surface area (Å²) in [4.78, 5) is 2.39. The summed E-state index contributed by atoms with van der Waals surface area (Å²) in [6.07, 6.45) is 6.37. The van der Waals surface area contributed by atoms with E-state index in [0.29, 0.717) is 6.04 Å². The number of hydrogen-bond acceptors (Lipinski definition) is 2. The molecule has 17 heavy (non-hydrogen) atoms. The Kier molecular flexibility index (Phi) is 4.06. The highest BCUT2D eigenvalue weighted by Gasteiger charge is 2.18. The Balaban J connectivity index is 2.05. The van der Waals surface area contributed by atoms with Crippen molar-refractivity contribution >= 4 is 5.69 Å². The summed E-state index contributed by atoms with van der Waals surface area (Å²) in [6.45, 7) is 1.81. The quantitative estimate of drug-likeness (QED) is 0.863. The molecule has 1 unspecified atom stereocenters. The van der Waals surface area contributed by atoms with Crippen LogP contribution in [0.5, 0.6) is 0 Å². The standard InChI is InChI=1S/C15H23NO/c1-12(17)13-8-10-15(11-9-13)16(2)14-6-4-3-5-7-14/h8-12,14,17H,3-7H2,1-2H3. The molecular formula is C15H23NO. The molecule has 0 aliphatic heterocycles. The predicted molar refractivity (Wildman–Crippen MR) is 72.4 cm³/mol. The highest BCUT2D eigenvalue weighted by Crippen LogP contribution is 2.26. The van der Waals surface area contributed by atoms with Crippen molar-refractivity contribution in [1.29, 1.82) is 0 Å². The molecule has 0 amide bonds. The number of anilines is 1. The first-order valence-corrected chi connectivity index (χ1v) is 6.69. The van der Waals surface area contributed by atoms with Gasteiger partial charge in [0.1, 0.15) is 0 Å². The molecule has 2 rings (SSSR count). The molecule has 94 valence electrons. The summed E-state index contributed by atoms with van der Waals surface area (Å²) in [7, 11) is 2.19. The molecule has 0 bridgehead atoms. The van der Waals surface area contributed by atoms with Gasteiger partial charge in [0.05, 0.1) is 6.10 Å². The Morgan fingerprint density at radius 2 is 1.71 bits per heavy atom. The summed E-state index contributed by atoms with van der Waals surface area (Å²) >= 11 is 0. The zero-order valence-corrected chi connectivity index (χ0v) is 10.9. The summed E-state index contributed by atoms with van der Waals surface area (Å²) in [5.74, 6) is 0. The van der Waals surface area contributed by atoms with Crippen molar-refractivity contribution < 1.29 is 5.11 Å². The Labute approximate surface area is 104 Å². The second-order valence-corrected chi connectivity index (χ2v) is 5.17.